The van der Waals surface area contributed by atoms with Crippen LogP contribution >= 0.6 is 15.9 Å². The molecule has 84 valence electrons. The number of benzene rings is 1. The lowest BCUT2D eigenvalue weighted by Crippen LogP contribution is -2.36. The number of anilines is 1. The van der Waals surface area contributed by atoms with Crippen molar-refractivity contribution in [3.63, 3.8) is 0 Å². The normalized spacial score (nSPS) is 12.0. The second kappa shape index (κ2) is 4.48. The molecular weight excluding hydrogens is 282 g/mol. The summed E-state index contributed by atoms with van der Waals surface area (Å²) in [6.07, 6.45) is 0. The zero-order chi connectivity index (χ0) is 11.6. The largest absolute Gasteiger partial charge is 0.398 e. The number of nitrogen functional groups attached to an aromatic ring is 1. The summed E-state index contributed by atoms with van der Waals surface area (Å²) >= 11 is 3.19. The first kappa shape index (κ1) is 12.4. The highest BCUT2D eigenvalue weighted by Gasteiger charge is 2.18. The van der Waals surface area contributed by atoms with E-state index in [1.165, 1.54) is 17.1 Å². The summed E-state index contributed by atoms with van der Waals surface area (Å²) in [5.41, 5.74) is 5.81. The molecule has 0 amide bonds. The third-order valence-electron chi connectivity index (χ3n) is 1.57. The van der Waals surface area contributed by atoms with Gasteiger partial charge in [0.05, 0.1) is 5.69 Å². The first-order chi connectivity index (χ1) is 6.83. The molecule has 0 spiro atoms. The van der Waals surface area contributed by atoms with Gasteiger partial charge in [-0.3, -0.25) is 0 Å². The van der Waals surface area contributed by atoms with Crippen molar-refractivity contribution in [2.45, 2.75) is 4.90 Å². The summed E-state index contributed by atoms with van der Waals surface area (Å²) in [6, 6.07) is 4.68. The highest BCUT2D eigenvalue weighted by atomic mass is 79.9. The van der Waals surface area contributed by atoms with E-state index in [9.17, 15) is 8.42 Å². The molecule has 15 heavy (non-hydrogen) atoms. The van der Waals surface area contributed by atoms with Crippen LogP contribution in [-0.4, -0.2) is 27.5 Å². The number of hydrogen-bond donors (Lipinski definition) is 2. The van der Waals surface area contributed by atoms with Crippen LogP contribution in [0.25, 0.3) is 0 Å². The summed E-state index contributed by atoms with van der Waals surface area (Å²) in [6.45, 7) is 0. The first-order valence-electron chi connectivity index (χ1n) is 4.08. The molecule has 0 saturated carbocycles. The molecule has 0 aliphatic heterocycles. The van der Waals surface area contributed by atoms with Gasteiger partial charge in [-0.15, -0.1) is 4.83 Å². The molecule has 0 aliphatic rings. The molecule has 1 aromatic carbocycles. The Kier molecular flexibility index (Phi) is 3.72. The average Bonchev–Trinajstić information content (AvgIpc) is 2.06. The van der Waals surface area contributed by atoms with E-state index in [2.05, 4.69) is 20.8 Å². The topological polar surface area (TPSA) is 75.4 Å². The first-order valence-corrected chi connectivity index (χ1v) is 6.35. The summed E-state index contributed by atoms with van der Waals surface area (Å²) in [7, 11) is -0.414. The molecule has 0 saturated heterocycles. The van der Waals surface area contributed by atoms with Gasteiger partial charge in [0.25, 0.3) is 10.0 Å². The number of rotatable bonds is 3. The van der Waals surface area contributed by atoms with Gasteiger partial charge in [-0.25, -0.2) is 13.4 Å². The zero-order valence-corrected chi connectivity index (χ0v) is 10.8. The molecular formula is C8H12BrN3O2S. The molecule has 0 atom stereocenters. The third-order valence-corrected chi connectivity index (χ3v) is 3.60. The Balaban J connectivity index is 3.21. The fourth-order valence-corrected chi connectivity index (χ4v) is 2.78. The molecule has 0 aliphatic carbocycles. The lowest BCUT2D eigenvalue weighted by atomic mass is 10.3. The second-order valence-corrected chi connectivity index (χ2v) is 5.72. The minimum atomic E-state index is -3.59. The number of hydrogen-bond acceptors (Lipinski definition) is 4. The Morgan fingerprint density at radius 2 is 2.00 bits per heavy atom. The van der Waals surface area contributed by atoms with Crippen LogP contribution in [0.5, 0.6) is 0 Å². The molecule has 0 heterocycles. The van der Waals surface area contributed by atoms with Crippen molar-refractivity contribution in [2.24, 2.45) is 0 Å². The van der Waals surface area contributed by atoms with E-state index in [-0.39, 0.29) is 10.6 Å². The zero-order valence-electron chi connectivity index (χ0n) is 8.36. The summed E-state index contributed by atoms with van der Waals surface area (Å²) in [5, 5.41) is 1.34. The van der Waals surface area contributed by atoms with Gasteiger partial charge in [-0.2, -0.15) is 0 Å². The lowest BCUT2D eigenvalue weighted by Gasteiger charge is -2.13. The molecule has 1 rings (SSSR count). The monoisotopic (exact) mass is 293 g/mol. The van der Waals surface area contributed by atoms with Crippen molar-refractivity contribution in [1.82, 2.24) is 9.84 Å². The van der Waals surface area contributed by atoms with Crippen LogP contribution in [0, 0.1) is 0 Å². The van der Waals surface area contributed by atoms with Crippen molar-refractivity contribution in [1.29, 1.82) is 0 Å². The molecule has 0 radical (unpaired) electrons. The average molecular weight is 294 g/mol. The van der Waals surface area contributed by atoms with E-state index in [1.54, 1.807) is 20.2 Å². The van der Waals surface area contributed by atoms with Crippen LogP contribution in [-0.2, 0) is 10.0 Å². The highest BCUT2D eigenvalue weighted by molar-refractivity contribution is 9.10. The van der Waals surface area contributed by atoms with Gasteiger partial charge in [-0.1, -0.05) is 15.9 Å². The van der Waals surface area contributed by atoms with Gasteiger partial charge in [0.1, 0.15) is 4.90 Å². The summed E-state index contributed by atoms with van der Waals surface area (Å²) in [4.78, 5) is 2.37. The van der Waals surface area contributed by atoms with Crippen molar-refractivity contribution >= 4 is 31.6 Å². The fraction of sp³-hybridized carbons (Fsp3) is 0.250. The maximum absolute atomic E-state index is 11.8. The summed E-state index contributed by atoms with van der Waals surface area (Å²) in [5.74, 6) is 0. The standard InChI is InChI=1S/C8H12BrN3O2S/c1-12(2)11-15(13,14)8-5-6(9)3-4-7(8)10/h3-5,11H,10H2,1-2H3. The predicted octanol–water partition coefficient (Wildman–Crippen LogP) is 0.786. The van der Waals surface area contributed by atoms with E-state index < -0.39 is 10.0 Å². The Hall–Kier alpha value is -0.630. The van der Waals surface area contributed by atoms with Gasteiger partial charge >= 0.3 is 0 Å². The van der Waals surface area contributed by atoms with E-state index in [4.69, 9.17) is 5.73 Å². The Bertz CT molecular complexity index is 459. The number of sulfonamides is 1. The van der Waals surface area contributed by atoms with E-state index >= 15 is 0 Å². The molecule has 0 fully saturated rings. The van der Waals surface area contributed by atoms with Gasteiger partial charge in [0.15, 0.2) is 0 Å². The number of nitrogens with one attached hydrogen (secondary N) is 1. The lowest BCUT2D eigenvalue weighted by molar-refractivity contribution is 0.364. The van der Waals surface area contributed by atoms with Crippen LogP contribution in [0.4, 0.5) is 5.69 Å². The SMILES string of the molecule is CN(C)NS(=O)(=O)c1cc(Br)ccc1N. The Labute approximate surface area is 97.4 Å². The van der Waals surface area contributed by atoms with Crippen molar-refractivity contribution < 1.29 is 8.42 Å². The maximum Gasteiger partial charge on any atom is 0.255 e. The molecule has 7 heteroatoms. The van der Waals surface area contributed by atoms with E-state index in [0.717, 1.165) is 0 Å². The molecule has 5 nitrogen and oxygen atoms in total. The van der Waals surface area contributed by atoms with Crippen LogP contribution in [0.2, 0.25) is 0 Å². The summed E-state index contributed by atoms with van der Waals surface area (Å²) < 4.78 is 24.2. The van der Waals surface area contributed by atoms with Crippen molar-refractivity contribution in [2.75, 3.05) is 19.8 Å². The van der Waals surface area contributed by atoms with Gasteiger partial charge < -0.3 is 5.73 Å². The smallest absolute Gasteiger partial charge is 0.255 e. The van der Waals surface area contributed by atoms with Crippen LogP contribution in [0.3, 0.4) is 0 Å². The van der Waals surface area contributed by atoms with E-state index in [1.807, 2.05) is 0 Å². The van der Waals surface area contributed by atoms with Gasteiger partial charge in [-0.05, 0) is 18.2 Å². The predicted molar refractivity (Wildman–Crippen MR) is 62.6 cm³/mol. The number of nitrogens with two attached hydrogens (primary N) is 1. The number of hydrazine groups is 1. The molecule has 0 bridgehead atoms. The van der Waals surface area contributed by atoms with Crippen LogP contribution in [0.15, 0.2) is 27.6 Å². The van der Waals surface area contributed by atoms with Crippen LogP contribution < -0.4 is 10.6 Å². The molecule has 0 aromatic heterocycles. The Morgan fingerprint density at radius 1 is 1.40 bits per heavy atom. The van der Waals surface area contributed by atoms with Crippen molar-refractivity contribution in [3.8, 4) is 0 Å². The minimum Gasteiger partial charge on any atom is -0.398 e. The molecule has 0 unspecified atom stereocenters. The van der Waals surface area contributed by atoms with E-state index in [0.29, 0.717) is 4.47 Å². The third kappa shape index (κ3) is 3.16. The maximum atomic E-state index is 11.8. The molecule has 3 N–H and O–H groups in total. The number of halogens is 1. The minimum absolute atomic E-state index is 0.0607. The molecule has 1 aromatic rings. The van der Waals surface area contributed by atoms with Gasteiger partial charge in [0.2, 0.25) is 0 Å². The van der Waals surface area contributed by atoms with Crippen LogP contribution in [0.1, 0.15) is 0 Å². The fourth-order valence-electron chi connectivity index (χ4n) is 1.03. The highest BCUT2D eigenvalue weighted by Crippen LogP contribution is 2.22. The number of nitrogens with zero attached hydrogens (tertiary/aromatic N) is 1. The quantitative estimate of drug-likeness (QED) is 0.638. The van der Waals surface area contributed by atoms with Gasteiger partial charge in [0, 0.05) is 18.6 Å². The van der Waals surface area contributed by atoms with Crippen molar-refractivity contribution in [3.05, 3.63) is 22.7 Å². The Morgan fingerprint density at radius 3 is 2.53 bits per heavy atom. The second-order valence-electron chi connectivity index (χ2n) is 3.17.